The summed E-state index contributed by atoms with van der Waals surface area (Å²) >= 11 is 1.43. The summed E-state index contributed by atoms with van der Waals surface area (Å²) in [5, 5.41) is 0. The second-order valence-electron chi connectivity index (χ2n) is 5.94. The van der Waals surface area contributed by atoms with Crippen molar-refractivity contribution in [2.45, 2.75) is 32.3 Å². The van der Waals surface area contributed by atoms with Gasteiger partial charge in [0, 0.05) is 10.4 Å². The van der Waals surface area contributed by atoms with E-state index in [0.29, 0.717) is 21.8 Å². The number of allylic oxidation sites excluding steroid dienone is 1. The molecule has 3 nitrogen and oxygen atoms in total. The summed E-state index contributed by atoms with van der Waals surface area (Å²) in [6.07, 6.45) is 0.0707. The third-order valence-corrected chi connectivity index (χ3v) is 5.10. The highest BCUT2D eigenvalue weighted by Crippen LogP contribution is 2.26. The van der Waals surface area contributed by atoms with Crippen LogP contribution in [0.5, 0.6) is 5.75 Å². The van der Waals surface area contributed by atoms with Gasteiger partial charge in [-0.3, -0.25) is 4.79 Å². The fraction of sp³-hybridized carbons (Fsp3) is 0.350. The molecule has 0 aliphatic rings. The van der Waals surface area contributed by atoms with Crippen LogP contribution in [0.15, 0.2) is 36.4 Å². The summed E-state index contributed by atoms with van der Waals surface area (Å²) in [5.41, 5.74) is 1.03. The second kappa shape index (κ2) is 9.84. The van der Waals surface area contributed by atoms with Gasteiger partial charge in [-0.25, -0.2) is 8.78 Å². The van der Waals surface area contributed by atoms with Crippen LogP contribution in [-0.2, 0) is 17.8 Å². The van der Waals surface area contributed by atoms with Gasteiger partial charge < -0.3 is 9.47 Å². The monoisotopic (exact) mass is 416 g/mol. The van der Waals surface area contributed by atoms with E-state index in [1.807, 2.05) is 13.0 Å². The van der Waals surface area contributed by atoms with E-state index in [-0.39, 0.29) is 12.4 Å². The molecule has 0 spiro atoms. The molecule has 0 atom stereocenters. The quantitative estimate of drug-likeness (QED) is 0.286. The number of ether oxygens (including phenoxy) is 2. The van der Waals surface area contributed by atoms with Crippen molar-refractivity contribution in [3.05, 3.63) is 57.3 Å². The minimum absolute atomic E-state index is 0.144. The van der Waals surface area contributed by atoms with Gasteiger partial charge in [0.2, 0.25) is 0 Å². The number of thiophene rings is 1. The lowest BCUT2D eigenvalue weighted by molar-refractivity contribution is -0.168. The van der Waals surface area contributed by atoms with Crippen LogP contribution in [0, 0.1) is 0 Å². The molecule has 1 aromatic heterocycles. The van der Waals surface area contributed by atoms with Crippen molar-refractivity contribution in [3.8, 4) is 5.75 Å². The van der Waals surface area contributed by atoms with Crippen LogP contribution in [0.1, 0.15) is 32.6 Å². The Morgan fingerprint density at radius 1 is 1.25 bits per heavy atom. The summed E-state index contributed by atoms with van der Waals surface area (Å²) in [5.74, 6) is -3.99. The second-order valence-corrected chi connectivity index (χ2v) is 7.11. The molecule has 0 amide bonds. The largest absolute Gasteiger partial charge is 0.496 e. The van der Waals surface area contributed by atoms with Crippen molar-refractivity contribution in [2.24, 2.45) is 0 Å². The number of methoxy groups -OCH3 is 1. The van der Waals surface area contributed by atoms with Crippen LogP contribution in [0.3, 0.4) is 0 Å². The standard InChI is InChI=1S/C20H20F4O3S/c1-3-15-6-9-18(28-15)16(25)7-4-13-5-8-17(26-2)14(10-13)11-27-12-20(23,24)19(21)22/h4-10,19H,3,11-12H2,1-2H3/b7-4+. The van der Waals surface area contributed by atoms with Crippen LogP contribution in [-0.4, -0.2) is 31.8 Å². The van der Waals surface area contributed by atoms with Gasteiger partial charge in [-0.2, -0.15) is 8.78 Å². The highest BCUT2D eigenvalue weighted by atomic mass is 32.1. The van der Waals surface area contributed by atoms with Crippen LogP contribution in [0.4, 0.5) is 17.6 Å². The third kappa shape index (κ3) is 5.90. The highest BCUT2D eigenvalue weighted by Gasteiger charge is 2.40. The van der Waals surface area contributed by atoms with Gasteiger partial charge in [0.25, 0.3) is 0 Å². The summed E-state index contributed by atoms with van der Waals surface area (Å²) in [4.78, 5) is 14.0. The van der Waals surface area contributed by atoms with Gasteiger partial charge in [0.05, 0.1) is 18.6 Å². The maximum absolute atomic E-state index is 13.0. The number of alkyl halides is 4. The van der Waals surface area contributed by atoms with Crippen LogP contribution < -0.4 is 4.74 Å². The lowest BCUT2D eigenvalue weighted by Gasteiger charge is -2.16. The Kier molecular flexibility index (Phi) is 7.77. The Morgan fingerprint density at radius 3 is 2.61 bits per heavy atom. The minimum Gasteiger partial charge on any atom is -0.496 e. The predicted octanol–water partition coefficient (Wildman–Crippen LogP) is 5.63. The first-order valence-corrected chi connectivity index (χ1v) is 9.30. The molecule has 0 aliphatic heterocycles. The number of ketones is 1. The zero-order valence-corrected chi connectivity index (χ0v) is 16.2. The van der Waals surface area contributed by atoms with E-state index in [9.17, 15) is 22.4 Å². The van der Waals surface area contributed by atoms with E-state index in [1.54, 1.807) is 30.3 Å². The Balaban J connectivity index is 2.07. The van der Waals surface area contributed by atoms with Crippen molar-refractivity contribution < 1.29 is 31.8 Å². The van der Waals surface area contributed by atoms with E-state index in [0.717, 1.165) is 11.3 Å². The number of aryl methyl sites for hydroxylation is 1. The molecule has 8 heteroatoms. The van der Waals surface area contributed by atoms with Crippen LogP contribution in [0.2, 0.25) is 0 Å². The van der Waals surface area contributed by atoms with Crippen LogP contribution in [0.25, 0.3) is 6.08 Å². The molecule has 2 rings (SSSR count). The average Bonchev–Trinajstić information content (AvgIpc) is 3.15. The van der Waals surface area contributed by atoms with Crippen molar-refractivity contribution in [2.75, 3.05) is 13.7 Å². The van der Waals surface area contributed by atoms with Gasteiger partial charge in [-0.05, 0) is 42.3 Å². The molecule has 1 heterocycles. The summed E-state index contributed by atoms with van der Waals surface area (Å²) in [6, 6.07) is 8.55. The zero-order chi connectivity index (χ0) is 20.7. The molecule has 0 saturated carbocycles. The van der Waals surface area contributed by atoms with E-state index < -0.39 is 19.0 Å². The van der Waals surface area contributed by atoms with Gasteiger partial charge in [-0.1, -0.05) is 19.1 Å². The number of hydrogen-bond donors (Lipinski definition) is 0. The molecular formula is C20H20F4O3S. The molecule has 0 N–H and O–H groups in total. The molecule has 152 valence electrons. The maximum Gasteiger partial charge on any atom is 0.330 e. The normalized spacial score (nSPS) is 12.1. The fourth-order valence-electron chi connectivity index (χ4n) is 2.33. The lowest BCUT2D eigenvalue weighted by Crippen LogP contribution is -2.32. The molecular weight excluding hydrogens is 396 g/mol. The predicted molar refractivity (Wildman–Crippen MR) is 101 cm³/mol. The zero-order valence-electron chi connectivity index (χ0n) is 15.4. The van der Waals surface area contributed by atoms with Gasteiger partial charge in [0.1, 0.15) is 12.4 Å². The lowest BCUT2D eigenvalue weighted by atomic mass is 10.1. The summed E-state index contributed by atoms with van der Waals surface area (Å²) < 4.78 is 60.2. The smallest absolute Gasteiger partial charge is 0.330 e. The summed E-state index contributed by atoms with van der Waals surface area (Å²) in [6.45, 7) is 0.282. The molecule has 0 aliphatic carbocycles. The minimum atomic E-state index is -4.21. The molecule has 1 aromatic carbocycles. The first kappa shape index (κ1) is 22.1. The van der Waals surface area contributed by atoms with Crippen molar-refractivity contribution >= 4 is 23.2 Å². The molecule has 0 saturated heterocycles. The maximum atomic E-state index is 13.0. The number of benzene rings is 1. The molecule has 28 heavy (non-hydrogen) atoms. The molecule has 0 bridgehead atoms. The number of hydrogen-bond acceptors (Lipinski definition) is 4. The Morgan fingerprint density at radius 2 is 2.00 bits per heavy atom. The number of rotatable bonds is 10. The molecule has 0 radical (unpaired) electrons. The van der Waals surface area contributed by atoms with E-state index in [4.69, 9.17) is 9.47 Å². The van der Waals surface area contributed by atoms with Gasteiger partial charge in [-0.15, -0.1) is 11.3 Å². The molecule has 0 fully saturated rings. The van der Waals surface area contributed by atoms with Crippen molar-refractivity contribution in [3.63, 3.8) is 0 Å². The Hall–Kier alpha value is -2.19. The third-order valence-electron chi connectivity index (χ3n) is 3.86. The topological polar surface area (TPSA) is 35.5 Å². The Bertz CT molecular complexity index is 831. The first-order chi connectivity index (χ1) is 13.3. The molecule has 2 aromatic rings. The van der Waals surface area contributed by atoms with E-state index >= 15 is 0 Å². The SMILES string of the molecule is CCc1ccc(C(=O)/C=C/c2ccc(OC)c(COCC(F)(F)C(F)F)c2)s1. The summed E-state index contributed by atoms with van der Waals surface area (Å²) in [7, 11) is 1.40. The first-order valence-electron chi connectivity index (χ1n) is 8.48. The number of carbonyl (C=O) groups excluding carboxylic acids is 1. The highest BCUT2D eigenvalue weighted by molar-refractivity contribution is 7.14. The van der Waals surface area contributed by atoms with Crippen molar-refractivity contribution in [1.29, 1.82) is 0 Å². The number of carbonyl (C=O) groups is 1. The average molecular weight is 416 g/mol. The number of halogens is 4. The van der Waals surface area contributed by atoms with Gasteiger partial charge >= 0.3 is 12.3 Å². The Labute approximate surface area is 164 Å². The fourth-order valence-corrected chi connectivity index (χ4v) is 3.20. The molecule has 0 unspecified atom stereocenters. The van der Waals surface area contributed by atoms with Crippen molar-refractivity contribution in [1.82, 2.24) is 0 Å². The van der Waals surface area contributed by atoms with E-state index in [1.165, 1.54) is 24.5 Å². The van der Waals surface area contributed by atoms with E-state index in [2.05, 4.69) is 0 Å². The van der Waals surface area contributed by atoms with Crippen LogP contribution >= 0.6 is 11.3 Å². The van der Waals surface area contributed by atoms with Gasteiger partial charge in [0.15, 0.2) is 5.78 Å².